The summed E-state index contributed by atoms with van der Waals surface area (Å²) in [5.41, 5.74) is 2.53. The van der Waals surface area contributed by atoms with Crippen LogP contribution in [0.3, 0.4) is 0 Å². The van der Waals surface area contributed by atoms with Gasteiger partial charge < -0.3 is 15.4 Å². The SMILES string of the molecule is O=C(C[C@H]1S/C(=N\N=C/c2ccccc2OCc2ccccc2)NC1=O)Nc1ccccc1. The van der Waals surface area contributed by atoms with E-state index < -0.39 is 5.25 Å². The molecule has 1 saturated heterocycles. The number of rotatable bonds is 8. The molecular formula is C25H22N4O3S. The molecule has 0 saturated carbocycles. The Balaban J connectivity index is 1.33. The van der Waals surface area contributed by atoms with Crippen molar-refractivity contribution in [3.8, 4) is 5.75 Å². The van der Waals surface area contributed by atoms with Crippen LogP contribution >= 0.6 is 11.8 Å². The van der Waals surface area contributed by atoms with Gasteiger partial charge in [-0.1, -0.05) is 72.4 Å². The van der Waals surface area contributed by atoms with Crippen LogP contribution in [0.1, 0.15) is 17.5 Å². The summed E-state index contributed by atoms with van der Waals surface area (Å²) in [6.07, 6.45) is 1.62. The lowest BCUT2D eigenvalue weighted by Gasteiger charge is -2.08. The summed E-state index contributed by atoms with van der Waals surface area (Å²) in [4.78, 5) is 24.4. The van der Waals surface area contributed by atoms with Crippen LogP contribution in [0.15, 0.2) is 95.1 Å². The summed E-state index contributed by atoms with van der Waals surface area (Å²) in [7, 11) is 0. The second-order valence-electron chi connectivity index (χ2n) is 7.18. The van der Waals surface area contributed by atoms with Gasteiger partial charge in [0, 0.05) is 17.7 Å². The Morgan fingerprint density at radius 2 is 1.70 bits per heavy atom. The highest BCUT2D eigenvalue weighted by atomic mass is 32.2. The third-order valence-electron chi connectivity index (χ3n) is 4.71. The zero-order valence-electron chi connectivity index (χ0n) is 17.7. The number of benzene rings is 3. The Kier molecular flexibility index (Phi) is 7.50. The van der Waals surface area contributed by atoms with Gasteiger partial charge in [0.15, 0.2) is 5.17 Å². The van der Waals surface area contributed by atoms with Gasteiger partial charge in [-0.05, 0) is 29.8 Å². The summed E-state index contributed by atoms with van der Waals surface area (Å²) < 4.78 is 5.91. The molecule has 8 heteroatoms. The summed E-state index contributed by atoms with van der Waals surface area (Å²) in [6, 6.07) is 26.5. The lowest BCUT2D eigenvalue weighted by molar-refractivity contribution is -0.122. The molecule has 1 aliphatic rings. The van der Waals surface area contributed by atoms with Gasteiger partial charge in [0.2, 0.25) is 11.8 Å². The van der Waals surface area contributed by atoms with Crippen LogP contribution in [0, 0.1) is 0 Å². The van der Waals surface area contributed by atoms with E-state index in [0.717, 1.165) is 11.1 Å². The van der Waals surface area contributed by atoms with Gasteiger partial charge in [0.25, 0.3) is 0 Å². The molecule has 4 rings (SSSR count). The number of nitrogens with one attached hydrogen (secondary N) is 2. The first-order valence-electron chi connectivity index (χ1n) is 10.4. The second-order valence-corrected chi connectivity index (χ2v) is 8.37. The molecule has 1 aliphatic heterocycles. The molecule has 3 aromatic rings. The molecule has 0 spiro atoms. The van der Waals surface area contributed by atoms with Crippen LogP contribution in [0.25, 0.3) is 0 Å². The van der Waals surface area contributed by atoms with E-state index in [0.29, 0.717) is 23.2 Å². The van der Waals surface area contributed by atoms with Crippen LogP contribution in [0.5, 0.6) is 5.75 Å². The lowest BCUT2D eigenvalue weighted by atomic mass is 10.2. The van der Waals surface area contributed by atoms with Crippen molar-refractivity contribution in [2.24, 2.45) is 10.2 Å². The van der Waals surface area contributed by atoms with Crippen LogP contribution in [-0.2, 0) is 16.2 Å². The largest absolute Gasteiger partial charge is 0.488 e. The fourth-order valence-electron chi connectivity index (χ4n) is 3.09. The van der Waals surface area contributed by atoms with Crippen molar-refractivity contribution in [2.45, 2.75) is 18.3 Å². The first-order chi connectivity index (χ1) is 16.2. The third kappa shape index (κ3) is 6.54. The number of amidine groups is 1. The average Bonchev–Trinajstić information content (AvgIpc) is 3.18. The monoisotopic (exact) mass is 458 g/mol. The normalized spacial score (nSPS) is 16.7. The highest BCUT2D eigenvalue weighted by Crippen LogP contribution is 2.23. The smallest absolute Gasteiger partial charge is 0.240 e. The number of amides is 2. The lowest BCUT2D eigenvalue weighted by Crippen LogP contribution is -2.28. The molecule has 1 heterocycles. The molecular weight excluding hydrogens is 436 g/mol. The topological polar surface area (TPSA) is 92.2 Å². The fraction of sp³-hybridized carbons (Fsp3) is 0.120. The minimum Gasteiger partial charge on any atom is -0.488 e. The maximum atomic E-state index is 12.2. The molecule has 7 nitrogen and oxygen atoms in total. The molecule has 2 amide bonds. The Morgan fingerprint density at radius 3 is 2.48 bits per heavy atom. The Morgan fingerprint density at radius 1 is 1.00 bits per heavy atom. The molecule has 1 fully saturated rings. The molecule has 0 unspecified atom stereocenters. The maximum Gasteiger partial charge on any atom is 0.240 e. The van der Waals surface area contributed by atoms with E-state index in [2.05, 4.69) is 20.8 Å². The molecule has 0 aromatic heterocycles. The number of hydrogen-bond acceptors (Lipinski definition) is 6. The van der Waals surface area contributed by atoms with Crippen LogP contribution in [-0.4, -0.2) is 28.4 Å². The highest BCUT2D eigenvalue weighted by molar-refractivity contribution is 8.15. The van der Waals surface area contributed by atoms with E-state index in [1.807, 2.05) is 72.8 Å². The Bertz CT molecular complexity index is 1170. The predicted octanol–water partition coefficient (Wildman–Crippen LogP) is 4.22. The van der Waals surface area contributed by atoms with Crippen LogP contribution in [0.2, 0.25) is 0 Å². The van der Waals surface area contributed by atoms with Gasteiger partial charge in [-0.15, -0.1) is 5.10 Å². The molecule has 0 radical (unpaired) electrons. The van der Waals surface area contributed by atoms with Crippen molar-refractivity contribution in [2.75, 3.05) is 5.32 Å². The van der Waals surface area contributed by atoms with Crippen molar-refractivity contribution in [3.05, 3.63) is 96.1 Å². The molecule has 3 aromatic carbocycles. The van der Waals surface area contributed by atoms with Gasteiger partial charge in [0.1, 0.15) is 17.6 Å². The van der Waals surface area contributed by atoms with Crippen molar-refractivity contribution in [1.29, 1.82) is 0 Å². The molecule has 0 bridgehead atoms. The average molecular weight is 459 g/mol. The van der Waals surface area contributed by atoms with E-state index in [-0.39, 0.29) is 18.2 Å². The van der Waals surface area contributed by atoms with E-state index in [9.17, 15) is 9.59 Å². The number of para-hydroxylation sites is 2. The third-order valence-corrected chi connectivity index (χ3v) is 5.78. The number of hydrogen-bond donors (Lipinski definition) is 2. The van der Waals surface area contributed by atoms with Crippen molar-refractivity contribution in [3.63, 3.8) is 0 Å². The first kappa shape index (κ1) is 22.3. The van der Waals surface area contributed by atoms with Crippen molar-refractivity contribution < 1.29 is 14.3 Å². The number of carbonyl (C=O) groups is 2. The number of ether oxygens (including phenoxy) is 1. The predicted molar refractivity (Wildman–Crippen MR) is 131 cm³/mol. The summed E-state index contributed by atoms with van der Waals surface area (Å²) >= 11 is 1.19. The summed E-state index contributed by atoms with van der Waals surface area (Å²) in [6.45, 7) is 0.443. The molecule has 2 N–H and O–H groups in total. The quantitative estimate of drug-likeness (QED) is 0.391. The van der Waals surface area contributed by atoms with E-state index in [4.69, 9.17) is 4.74 Å². The standard InChI is InChI=1S/C25H22N4O3S/c30-23(27-20-12-5-2-6-13-20)15-22-24(31)28-25(33-22)29-26-16-19-11-7-8-14-21(19)32-17-18-9-3-1-4-10-18/h1-14,16,22H,15,17H2,(H,27,30)(H,28,29,31)/b26-16-/t22-/m1/s1. The zero-order chi connectivity index (χ0) is 22.9. The zero-order valence-corrected chi connectivity index (χ0v) is 18.5. The van der Waals surface area contributed by atoms with E-state index in [1.165, 1.54) is 11.8 Å². The van der Waals surface area contributed by atoms with Crippen LogP contribution in [0.4, 0.5) is 5.69 Å². The number of nitrogens with zero attached hydrogens (tertiary/aromatic N) is 2. The molecule has 0 aliphatic carbocycles. The molecule has 1 atom stereocenters. The number of thioether (sulfide) groups is 1. The van der Waals surface area contributed by atoms with E-state index >= 15 is 0 Å². The van der Waals surface area contributed by atoms with Gasteiger partial charge >= 0.3 is 0 Å². The van der Waals surface area contributed by atoms with Gasteiger partial charge in [0.05, 0.1) is 6.21 Å². The molecule has 33 heavy (non-hydrogen) atoms. The van der Waals surface area contributed by atoms with Crippen molar-refractivity contribution >= 4 is 40.6 Å². The van der Waals surface area contributed by atoms with Gasteiger partial charge in [-0.3, -0.25) is 9.59 Å². The minimum absolute atomic E-state index is 0.0459. The van der Waals surface area contributed by atoms with Gasteiger partial charge in [-0.2, -0.15) is 5.10 Å². The van der Waals surface area contributed by atoms with E-state index in [1.54, 1.807) is 18.3 Å². The number of anilines is 1. The second kappa shape index (κ2) is 11.1. The number of carbonyl (C=O) groups excluding carboxylic acids is 2. The van der Waals surface area contributed by atoms with Gasteiger partial charge in [-0.25, -0.2) is 0 Å². The Labute approximate surface area is 196 Å². The fourth-order valence-corrected chi connectivity index (χ4v) is 4.01. The summed E-state index contributed by atoms with van der Waals surface area (Å²) in [5.74, 6) is 0.190. The maximum absolute atomic E-state index is 12.2. The summed E-state index contributed by atoms with van der Waals surface area (Å²) in [5, 5.41) is 13.5. The Hall–Kier alpha value is -3.91. The van der Waals surface area contributed by atoms with Crippen molar-refractivity contribution in [1.82, 2.24) is 5.32 Å². The minimum atomic E-state index is -0.552. The van der Waals surface area contributed by atoms with Crippen LogP contribution < -0.4 is 15.4 Å². The molecule has 166 valence electrons. The highest BCUT2D eigenvalue weighted by Gasteiger charge is 2.32. The first-order valence-corrected chi connectivity index (χ1v) is 11.2.